The quantitative estimate of drug-likeness (QED) is 0.441. The first kappa shape index (κ1) is 8.72. The van der Waals surface area contributed by atoms with Gasteiger partial charge in [0.1, 0.15) is 18.8 Å². The molecule has 1 aliphatic heterocycles. The van der Waals surface area contributed by atoms with Crippen LogP contribution in [0.25, 0.3) is 0 Å². The summed E-state index contributed by atoms with van der Waals surface area (Å²) in [6, 6.07) is 0. The fraction of sp³-hybridized carbons (Fsp3) is 0.889. The van der Waals surface area contributed by atoms with Gasteiger partial charge in [0.05, 0.1) is 6.61 Å². The highest BCUT2D eigenvalue weighted by Gasteiger charge is 2.16. The van der Waals surface area contributed by atoms with E-state index in [-0.39, 0.29) is 0 Å². The standard InChI is InChI=1S/C9H18NO/c1-9-5-3-6-10(9)7-4-8-11-2/h3-8H2,1-2H3/q+1. The van der Waals surface area contributed by atoms with Gasteiger partial charge in [-0.15, -0.1) is 0 Å². The minimum Gasteiger partial charge on any atom is -0.384 e. The molecule has 1 aliphatic rings. The molecule has 0 fully saturated rings. The first-order valence-corrected chi connectivity index (χ1v) is 4.41. The van der Waals surface area contributed by atoms with Gasteiger partial charge in [-0.25, -0.2) is 4.58 Å². The van der Waals surface area contributed by atoms with Crippen LogP contribution >= 0.6 is 0 Å². The molecular weight excluding hydrogens is 138 g/mol. The van der Waals surface area contributed by atoms with E-state index in [9.17, 15) is 0 Å². The maximum atomic E-state index is 5.00. The maximum absolute atomic E-state index is 5.00. The Morgan fingerprint density at radius 1 is 1.55 bits per heavy atom. The van der Waals surface area contributed by atoms with E-state index in [1.165, 1.54) is 25.9 Å². The second-order valence-electron chi connectivity index (χ2n) is 3.17. The van der Waals surface area contributed by atoms with Crippen molar-refractivity contribution in [3.05, 3.63) is 0 Å². The Bertz CT molecular complexity index is 152. The predicted molar refractivity (Wildman–Crippen MR) is 46.4 cm³/mol. The number of ether oxygens (including phenoxy) is 1. The van der Waals surface area contributed by atoms with Crippen LogP contribution in [0, 0.1) is 0 Å². The lowest BCUT2D eigenvalue weighted by Crippen LogP contribution is -2.15. The molecule has 0 aliphatic carbocycles. The van der Waals surface area contributed by atoms with Gasteiger partial charge in [0, 0.05) is 33.3 Å². The van der Waals surface area contributed by atoms with Gasteiger partial charge in [0.2, 0.25) is 0 Å². The van der Waals surface area contributed by atoms with Crippen molar-refractivity contribution in [2.24, 2.45) is 0 Å². The Hall–Kier alpha value is -0.370. The van der Waals surface area contributed by atoms with Crippen LogP contribution in [0.5, 0.6) is 0 Å². The minimum absolute atomic E-state index is 0.893. The third-order valence-electron chi connectivity index (χ3n) is 2.28. The van der Waals surface area contributed by atoms with Gasteiger partial charge in [-0.3, -0.25) is 0 Å². The van der Waals surface area contributed by atoms with Crippen molar-refractivity contribution in [1.82, 2.24) is 0 Å². The van der Waals surface area contributed by atoms with E-state index in [2.05, 4.69) is 11.5 Å². The van der Waals surface area contributed by atoms with Crippen LogP contribution in [-0.4, -0.2) is 37.1 Å². The van der Waals surface area contributed by atoms with Crippen molar-refractivity contribution in [1.29, 1.82) is 0 Å². The molecule has 1 heterocycles. The number of hydrogen-bond acceptors (Lipinski definition) is 1. The molecule has 0 aromatic heterocycles. The molecule has 0 saturated carbocycles. The average Bonchev–Trinajstić information content (AvgIpc) is 2.37. The fourth-order valence-electron chi connectivity index (χ4n) is 1.58. The molecule has 0 saturated heterocycles. The highest BCUT2D eigenvalue weighted by atomic mass is 16.5. The minimum atomic E-state index is 0.893. The Balaban J connectivity index is 2.20. The van der Waals surface area contributed by atoms with Crippen LogP contribution < -0.4 is 0 Å². The maximum Gasteiger partial charge on any atom is 0.149 e. The van der Waals surface area contributed by atoms with Crippen LogP contribution in [0.4, 0.5) is 0 Å². The zero-order chi connectivity index (χ0) is 8.10. The molecule has 2 heteroatoms. The molecule has 0 aromatic rings. The summed E-state index contributed by atoms with van der Waals surface area (Å²) in [7, 11) is 1.76. The average molecular weight is 156 g/mol. The summed E-state index contributed by atoms with van der Waals surface area (Å²) in [5, 5.41) is 0. The molecule has 0 N–H and O–H groups in total. The summed E-state index contributed by atoms with van der Waals surface area (Å²) < 4.78 is 7.47. The highest BCUT2D eigenvalue weighted by Crippen LogP contribution is 2.03. The van der Waals surface area contributed by atoms with Crippen molar-refractivity contribution in [3.63, 3.8) is 0 Å². The second-order valence-corrected chi connectivity index (χ2v) is 3.17. The van der Waals surface area contributed by atoms with Crippen LogP contribution in [0.1, 0.15) is 26.2 Å². The van der Waals surface area contributed by atoms with Gasteiger partial charge in [0.25, 0.3) is 0 Å². The van der Waals surface area contributed by atoms with Crippen molar-refractivity contribution < 1.29 is 9.31 Å². The van der Waals surface area contributed by atoms with Gasteiger partial charge in [-0.1, -0.05) is 0 Å². The summed E-state index contributed by atoms with van der Waals surface area (Å²) in [6.07, 6.45) is 3.81. The molecule has 11 heavy (non-hydrogen) atoms. The zero-order valence-electron chi connectivity index (χ0n) is 7.60. The zero-order valence-corrected chi connectivity index (χ0v) is 7.60. The summed E-state index contributed by atoms with van der Waals surface area (Å²) in [5.74, 6) is 0. The number of methoxy groups -OCH3 is 1. The summed E-state index contributed by atoms with van der Waals surface area (Å²) >= 11 is 0. The largest absolute Gasteiger partial charge is 0.384 e. The molecule has 0 spiro atoms. The van der Waals surface area contributed by atoms with Crippen LogP contribution in [0.3, 0.4) is 0 Å². The van der Waals surface area contributed by atoms with Gasteiger partial charge < -0.3 is 4.74 Å². The summed E-state index contributed by atoms with van der Waals surface area (Å²) in [6.45, 7) is 5.57. The smallest absolute Gasteiger partial charge is 0.149 e. The third kappa shape index (κ3) is 2.62. The van der Waals surface area contributed by atoms with Gasteiger partial charge in [-0.2, -0.15) is 0 Å². The summed E-state index contributed by atoms with van der Waals surface area (Å²) in [4.78, 5) is 0. The van der Waals surface area contributed by atoms with E-state index in [4.69, 9.17) is 4.74 Å². The van der Waals surface area contributed by atoms with Gasteiger partial charge >= 0.3 is 0 Å². The van der Waals surface area contributed by atoms with E-state index in [1.54, 1.807) is 12.8 Å². The van der Waals surface area contributed by atoms with E-state index in [0.29, 0.717) is 0 Å². The molecule has 0 amide bonds. The van der Waals surface area contributed by atoms with Crippen LogP contribution in [0.15, 0.2) is 0 Å². The molecule has 0 atom stereocenters. The lowest BCUT2D eigenvalue weighted by molar-refractivity contribution is -0.521. The van der Waals surface area contributed by atoms with E-state index in [1.807, 2.05) is 0 Å². The SMILES string of the molecule is COCCC[N+]1=C(C)CCC1. The first-order valence-electron chi connectivity index (χ1n) is 4.41. The summed E-state index contributed by atoms with van der Waals surface area (Å²) in [5.41, 5.74) is 1.56. The van der Waals surface area contributed by atoms with E-state index < -0.39 is 0 Å². The highest BCUT2D eigenvalue weighted by molar-refractivity contribution is 5.77. The second kappa shape index (κ2) is 4.50. The normalized spacial score (nSPS) is 18.0. The fourth-order valence-corrected chi connectivity index (χ4v) is 1.58. The van der Waals surface area contributed by atoms with Crippen LogP contribution in [-0.2, 0) is 4.74 Å². The lowest BCUT2D eigenvalue weighted by Gasteiger charge is -1.98. The van der Waals surface area contributed by atoms with Crippen LogP contribution in [0.2, 0.25) is 0 Å². The lowest BCUT2D eigenvalue weighted by atomic mass is 10.3. The molecular formula is C9H18NO+. The topological polar surface area (TPSA) is 12.2 Å². The first-order chi connectivity index (χ1) is 5.34. The Labute approximate surface area is 68.9 Å². The van der Waals surface area contributed by atoms with Gasteiger partial charge in [-0.05, 0) is 0 Å². The molecule has 0 unspecified atom stereocenters. The Kier molecular flexibility index (Phi) is 3.57. The van der Waals surface area contributed by atoms with Crippen molar-refractivity contribution in [3.8, 4) is 0 Å². The molecule has 0 bridgehead atoms. The molecule has 2 nitrogen and oxygen atoms in total. The Morgan fingerprint density at radius 3 is 2.91 bits per heavy atom. The van der Waals surface area contributed by atoms with Crippen molar-refractivity contribution in [2.75, 3.05) is 26.8 Å². The van der Waals surface area contributed by atoms with E-state index >= 15 is 0 Å². The molecule has 64 valence electrons. The predicted octanol–water partition coefficient (Wildman–Crippen LogP) is 1.29. The number of nitrogens with zero attached hydrogens (tertiary/aromatic N) is 1. The molecule has 0 aromatic carbocycles. The van der Waals surface area contributed by atoms with E-state index in [0.717, 1.165) is 13.0 Å². The number of hydrogen-bond donors (Lipinski definition) is 0. The Morgan fingerprint density at radius 2 is 2.36 bits per heavy atom. The monoisotopic (exact) mass is 156 g/mol. The van der Waals surface area contributed by atoms with Gasteiger partial charge in [0.15, 0.2) is 0 Å². The molecule has 0 radical (unpaired) electrons. The third-order valence-corrected chi connectivity index (χ3v) is 2.28. The number of rotatable bonds is 4. The van der Waals surface area contributed by atoms with Crippen molar-refractivity contribution >= 4 is 5.71 Å². The van der Waals surface area contributed by atoms with Crippen molar-refractivity contribution in [2.45, 2.75) is 26.2 Å². The molecule has 1 rings (SSSR count).